The van der Waals surface area contributed by atoms with Crippen molar-refractivity contribution in [2.45, 2.75) is 0 Å². The summed E-state index contributed by atoms with van der Waals surface area (Å²) in [6.45, 7) is 0. The van der Waals surface area contributed by atoms with Crippen LogP contribution in [0.4, 0.5) is 0 Å². The van der Waals surface area contributed by atoms with Crippen molar-refractivity contribution in [1.29, 1.82) is 0 Å². The van der Waals surface area contributed by atoms with Crippen LogP contribution in [0.5, 0.6) is 0 Å². The SMILES string of the molecule is [CH3-].[CH3-].[CH]1[CH][CH][CH][CH]1.[CH]1[CH][CH][CH][CH]1.[CH]1[CH][CH][CH][CH]1.[CH]1[CH][CH][CH][CH]1.[Ho].[Ho]. The Morgan fingerprint density at radius 3 is 0.250 bits per heavy atom. The Balaban J connectivity index is -0.000000105. The van der Waals surface area contributed by atoms with Gasteiger partial charge in [0.05, 0.1) is 0 Å². The van der Waals surface area contributed by atoms with Gasteiger partial charge in [0.15, 0.2) is 0 Å². The molecule has 0 aromatic heterocycles. The van der Waals surface area contributed by atoms with Crippen molar-refractivity contribution >= 4 is 0 Å². The van der Waals surface area contributed by atoms with E-state index < -0.39 is 0 Å². The zero-order valence-corrected chi connectivity index (χ0v) is 18.0. The maximum atomic E-state index is 2.00. The van der Waals surface area contributed by atoms with Crippen LogP contribution in [0.2, 0.25) is 0 Å². The molecule has 0 aromatic carbocycles. The Morgan fingerprint density at radius 1 is 0.167 bits per heavy atom. The molecule has 0 saturated heterocycles. The Bertz CT molecular complexity index is 96.4. The molecule has 2 heteroatoms. The van der Waals surface area contributed by atoms with Gasteiger partial charge in [0, 0.05) is 75.5 Å². The topological polar surface area (TPSA) is 0 Å². The molecule has 0 N–H and O–H groups in total. The first-order valence-electron chi connectivity index (χ1n) is 6.67. The van der Waals surface area contributed by atoms with Crippen LogP contribution in [0.15, 0.2) is 0 Å². The van der Waals surface area contributed by atoms with Crippen molar-refractivity contribution in [2.24, 2.45) is 0 Å². The van der Waals surface area contributed by atoms with Crippen molar-refractivity contribution in [1.82, 2.24) is 0 Å². The minimum absolute atomic E-state index is 0. The molecule has 24 heavy (non-hydrogen) atoms. The average Bonchev–Trinajstić information content (AvgIpc) is 3.40. The Kier molecular flexibility index (Phi) is 42.9. The molecule has 4 fully saturated rings. The van der Waals surface area contributed by atoms with E-state index in [4.69, 9.17) is 0 Å². The van der Waals surface area contributed by atoms with Gasteiger partial charge in [-0.25, -0.2) is 0 Å². The molecule has 0 aromatic rings. The summed E-state index contributed by atoms with van der Waals surface area (Å²) in [4.78, 5) is 0. The van der Waals surface area contributed by atoms with Crippen LogP contribution in [0.25, 0.3) is 0 Å². The summed E-state index contributed by atoms with van der Waals surface area (Å²) in [6.07, 6.45) is 40.0. The summed E-state index contributed by atoms with van der Waals surface area (Å²) in [5.41, 5.74) is 0. The van der Waals surface area contributed by atoms with E-state index in [-0.39, 0.29) is 90.3 Å². The Labute approximate surface area is 216 Å². The van der Waals surface area contributed by atoms with Gasteiger partial charge in [0.25, 0.3) is 0 Å². The fourth-order valence-electron chi connectivity index (χ4n) is 1.28. The molecule has 4 rings (SSSR count). The molecule has 138 valence electrons. The predicted octanol–water partition coefficient (Wildman–Crippen LogP) is 4.99. The number of hydrogen-bond donors (Lipinski definition) is 0. The van der Waals surface area contributed by atoms with E-state index in [1.807, 2.05) is 128 Å². The standard InChI is InChI=1S/4C5H5.2CH3.2Ho/c4*1-2-4-5-3-1;;;;/h4*1-5H;2*1H3;;/q;;;;2*-1;;. The van der Waals surface area contributed by atoms with Crippen molar-refractivity contribution in [2.75, 3.05) is 0 Å². The van der Waals surface area contributed by atoms with E-state index in [2.05, 4.69) is 0 Å². The van der Waals surface area contributed by atoms with Crippen LogP contribution in [0.1, 0.15) is 0 Å². The smallest absolute Gasteiger partial charge is 0 e. The summed E-state index contributed by atoms with van der Waals surface area (Å²) in [6, 6.07) is 0. The van der Waals surface area contributed by atoms with Gasteiger partial charge in [-0.15, -0.1) is 0 Å². The van der Waals surface area contributed by atoms with Gasteiger partial charge < -0.3 is 14.9 Å². The quantitative estimate of drug-likeness (QED) is 0.265. The average molecular weight is 620 g/mol. The van der Waals surface area contributed by atoms with E-state index in [1.165, 1.54) is 0 Å². The second-order valence-corrected chi connectivity index (χ2v) is 3.85. The molecule has 0 nitrogen and oxygen atoms in total. The van der Waals surface area contributed by atoms with Gasteiger partial charge in [0.1, 0.15) is 0 Å². The molecule has 22 radical (unpaired) electrons. The summed E-state index contributed by atoms with van der Waals surface area (Å²) < 4.78 is 0. The largest absolute Gasteiger partial charge is 0.358 e. The summed E-state index contributed by atoms with van der Waals surface area (Å²) in [7, 11) is 0. The van der Waals surface area contributed by atoms with Crippen LogP contribution >= 0.6 is 0 Å². The van der Waals surface area contributed by atoms with Crippen LogP contribution in [-0.4, -0.2) is 0 Å². The van der Waals surface area contributed by atoms with Gasteiger partial charge in [0.2, 0.25) is 0 Å². The zero-order chi connectivity index (χ0) is 14.1. The Hall–Kier alpha value is 2.52. The molecule has 0 heterocycles. The van der Waals surface area contributed by atoms with Crippen LogP contribution < -0.4 is 0 Å². The maximum Gasteiger partial charge on any atom is 0 e. The van der Waals surface area contributed by atoms with Gasteiger partial charge in [-0.2, -0.15) is 0 Å². The van der Waals surface area contributed by atoms with Crippen molar-refractivity contribution in [3.05, 3.63) is 143 Å². The fraction of sp³-hybridized carbons (Fsp3) is 0. The Morgan fingerprint density at radius 2 is 0.208 bits per heavy atom. The molecular formula is C22H26Ho2-2. The zero-order valence-electron chi connectivity index (χ0n) is 14.2. The monoisotopic (exact) mass is 620 g/mol. The second kappa shape index (κ2) is 30.3. The number of hydrogen-bond acceptors (Lipinski definition) is 0. The van der Waals surface area contributed by atoms with Crippen LogP contribution in [0, 0.1) is 219 Å². The van der Waals surface area contributed by atoms with E-state index in [9.17, 15) is 0 Å². The molecule has 4 aliphatic carbocycles. The van der Waals surface area contributed by atoms with E-state index in [1.54, 1.807) is 0 Å². The summed E-state index contributed by atoms with van der Waals surface area (Å²) in [5, 5.41) is 0. The molecular weight excluding hydrogens is 594 g/mol. The van der Waals surface area contributed by atoms with Crippen LogP contribution in [-0.2, 0) is 0 Å². The maximum absolute atomic E-state index is 2.00. The van der Waals surface area contributed by atoms with Gasteiger partial charge in [-0.3, -0.25) is 0 Å². The first-order valence-corrected chi connectivity index (χ1v) is 6.67. The van der Waals surface area contributed by atoms with E-state index in [0.717, 1.165) is 0 Å². The minimum Gasteiger partial charge on any atom is -0.358 e. The first kappa shape index (κ1) is 34.1. The molecule has 4 saturated carbocycles. The third kappa shape index (κ3) is 26.7. The fourth-order valence-corrected chi connectivity index (χ4v) is 1.28. The van der Waals surface area contributed by atoms with Crippen molar-refractivity contribution in [3.8, 4) is 0 Å². The first-order chi connectivity index (χ1) is 10.0. The number of rotatable bonds is 0. The normalized spacial score (nSPS) is 20.0. The third-order valence-electron chi connectivity index (χ3n) is 2.22. The predicted molar refractivity (Wildman–Crippen MR) is 98.8 cm³/mol. The van der Waals surface area contributed by atoms with Gasteiger partial charge >= 0.3 is 0 Å². The molecule has 0 bridgehead atoms. The molecule has 0 atom stereocenters. The van der Waals surface area contributed by atoms with Gasteiger partial charge in [-0.1, -0.05) is 0 Å². The molecule has 0 unspecified atom stereocenters. The molecule has 0 aliphatic heterocycles. The van der Waals surface area contributed by atoms with E-state index >= 15 is 0 Å². The second-order valence-electron chi connectivity index (χ2n) is 3.85. The van der Waals surface area contributed by atoms with Crippen LogP contribution in [0.3, 0.4) is 0 Å². The van der Waals surface area contributed by atoms with Gasteiger partial charge in [-0.05, 0) is 128 Å². The van der Waals surface area contributed by atoms with Crippen molar-refractivity contribution < 1.29 is 75.5 Å². The molecule has 4 aliphatic rings. The molecule has 0 spiro atoms. The third-order valence-corrected chi connectivity index (χ3v) is 2.22. The molecule has 0 amide bonds. The summed E-state index contributed by atoms with van der Waals surface area (Å²) in [5.74, 6) is 0. The van der Waals surface area contributed by atoms with E-state index in [0.29, 0.717) is 0 Å². The minimum atomic E-state index is 0. The summed E-state index contributed by atoms with van der Waals surface area (Å²) >= 11 is 0. The van der Waals surface area contributed by atoms with Crippen molar-refractivity contribution in [3.63, 3.8) is 0 Å².